The number of urea groups is 1. The quantitative estimate of drug-likeness (QED) is 0.841. The standard InChI is InChI=1S/C16H17F3N2O4/c1-15(2)13(22)21(14(23)20-15)9-6-12(7-9)24-10-4-3-5-11(8-10)25-16(17,18)19/h3-5,8-9,12H,6-7H2,1-2H3,(H,20,23)/t9-,12+. The highest BCUT2D eigenvalue weighted by Crippen LogP contribution is 2.34. The molecule has 25 heavy (non-hydrogen) atoms. The van der Waals surface area contributed by atoms with E-state index >= 15 is 0 Å². The van der Waals surface area contributed by atoms with E-state index in [9.17, 15) is 22.8 Å². The minimum Gasteiger partial charge on any atom is -0.490 e. The minimum atomic E-state index is -4.77. The van der Waals surface area contributed by atoms with Crippen molar-refractivity contribution in [1.82, 2.24) is 10.2 Å². The molecule has 0 unspecified atom stereocenters. The average Bonchev–Trinajstić information content (AvgIpc) is 2.61. The van der Waals surface area contributed by atoms with Gasteiger partial charge in [0, 0.05) is 24.9 Å². The number of halogens is 3. The first-order valence-corrected chi connectivity index (χ1v) is 7.73. The Morgan fingerprint density at radius 3 is 2.40 bits per heavy atom. The number of nitrogens with zero attached hydrogens (tertiary/aromatic N) is 1. The number of amides is 3. The summed E-state index contributed by atoms with van der Waals surface area (Å²) in [6.45, 7) is 3.26. The van der Waals surface area contributed by atoms with E-state index in [0.717, 1.165) is 6.07 Å². The van der Waals surface area contributed by atoms with Crippen LogP contribution in [-0.2, 0) is 4.79 Å². The fourth-order valence-electron chi connectivity index (χ4n) is 2.89. The maximum absolute atomic E-state index is 12.2. The van der Waals surface area contributed by atoms with Gasteiger partial charge in [0.2, 0.25) is 0 Å². The van der Waals surface area contributed by atoms with E-state index in [4.69, 9.17) is 4.74 Å². The number of benzene rings is 1. The fourth-order valence-corrected chi connectivity index (χ4v) is 2.89. The van der Waals surface area contributed by atoms with E-state index in [2.05, 4.69) is 10.1 Å². The predicted molar refractivity (Wildman–Crippen MR) is 80.0 cm³/mol. The Labute approximate surface area is 141 Å². The summed E-state index contributed by atoms with van der Waals surface area (Å²) in [5, 5.41) is 2.61. The maximum atomic E-state index is 12.2. The second-order valence-electron chi connectivity index (χ2n) is 6.62. The highest BCUT2D eigenvalue weighted by Gasteiger charge is 2.50. The summed E-state index contributed by atoms with van der Waals surface area (Å²) in [5.41, 5.74) is -0.924. The van der Waals surface area contributed by atoms with Crippen molar-refractivity contribution in [2.75, 3.05) is 0 Å². The molecule has 136 valence electrons. The molecule has 0 radical (unpaired) electrons. The third-order valence-corrected chi connectivity index (χ3v) is 4.17. The Morgan fingerprint density at radius 2 is 1.84 bits per heavy atom. The van der Waals surface area contributed by atoms with Gasteiger partial charge in [-0.2, -0.15) is 0 Å². The van der Waals surface area contributed by atoms with Crippen molar-refractivity contribution >= 4 is 11.9 Å². The molecule has 1 aromatic carbocycles. The van der Waals surface area contributed by atoms with Crippen LogP contribution in [0, 0.1) is 0 Å². The van der Waals surface area contributed by atoms with Crippen molar-refractivity contribution < 1.29 is 32.2 Å². The molecule has 3 rings (SSSR count). The number of ether oxygens (including phenoxy) is 2. The molecule has 9 heteroatoms. The van der Waals surface area contributed by atoms with Gasteiger partial charge in [0.05, 0.1) is 0 Å². The van der Waals surface area contributed by atoms with Crippen LogP contribution in [0.3, 0.4) is 0 Å². The molecule has 1 heterocycles. The summed E-state index contributed by atoms with van der Waals surface area (Å²) in [5.74, 6) is -0.416. The number of rotatable bonds is 4. The van der Waals surface area contributed by atoms with Crippen molar-refractivity contribution in [2.24, 2.45) is 0 Å². The molecule has 1 N–H and O–H groups in total. The molecule has 1 aliphatic heterocycles. The number of imide groups is 1. The highest BCUT2D eigenvalue weighted by molar-refractivity contribution is 6.06. The number of hydrogen-bond acceptors (Lipinski definition) is 4. The second kappa shape index (κ2) is 5.82. The van der Waals surface area contributed by atoms with Crippen molar-refractivity contribution in [3.63, 3.8) is 0 Å². The molecule has 0 atom stereocenters. The molecular weight excluding hydrogens is 341 g/mol. The molecular formula is C16H17F3N2O4. The molecule has 1 aliphatic carbocycles. The van der Waals surface area contributed by atoms with Crippen LogP contribution in [0.2, 0.25) is 0 Å². The SMILES string of the molecule is CC1(C)NC(=O)N([C@H]2C[C@@H](Oc3cccc(OC(F)(F)F)c3)C2)C1=O. The zero-order valence-corrected chi connectivity index (χ0v) is 13.6. The molecule has 0 spiro atoms. The lowest BCUT2D eigenvalue weighted by molar-refractivity contribution is -0.274. The Morgan fingerprint density at radius 1 is 1.20 bits per heavy atom. The van der Waals surface area contributed by atoms with Crippen LogP contribution < -0.4 is 14.8 Å². The Balaban J connectivity index is 1.57. The van der Waals surface area contributed by atoms with Gasteiger partial charge >= 0.3 is 12.4 Å². The molecule has 2 aliphatic rings. The lowest BCUT2D eigenvalue weighted by atomic mass is 9.87. The van der Waals surface area contributed by atoms with Gasteiger partial charge in [0.25, 0.3) is 5.91 Å². The van der Waals surface area contributed by atoms with Gasteiger partial charge in [0.15, 0.2) is 0 Å². The lowest BCUT2D eigenvalue weighted by Crippen LogP contribution is -2.52. The zero-order valence-electron chi connectivity index (χ0n) is 13.6. The van der Waals surface area contributed by atoms with E-state index in [-0.39, 0.29) is 29.6 Å². The van der Waals surface area contributed by atoms with Crippen molar-refractivity contribution in [2.45, 2.75) is 50.7 Å². The number of carbonyl (C=O) groups excluding carboxylic acids is 2. The van der Waals surface area contributed by atoms with Crippen LogP contribution in [-0.4, -0.2) is 40.9 Å². The maximum Gasteiger partial charge on any atom is 0.573 e. The van der Waals surface area contributed by atoms with Gasteiger partial charge in [-0.1, -0.05) is 6.07 Å². The second-order valence-corrected chi connectivity index (χ2v) is 6.62. The number of alkyl halides is 3. The molecule has 6 nitrogen and oxygen atoms in total. The summed E-state index contributed by atoms with van der Waals surface area (Å²) >= 11 is 0. The predicted octanol–water partition coefficient (Wildman–Crippen LogP) is 2.83. The topological polar surface area (TPSA) is 67.9 Å². The van der Waals surface area contributed by atoms with Crippen LogP contribution in [0.4, 0.5) is 18.0 Å². The van der Waals surface area contributed by atoms with Gasteiger partial charge < -0.3 is 14.8 Å². The molecule has 2 fully saturated rings. The molecule has 0 bridgehead atoms. The molecule has 1 saturated heterocycles. The monoisotopic (exact) mass is 358 g/mol. The summed E-state index contributed by atoms with van der Waals surface area (Å²) in [4.78, 5) is 25.3. The van der Waals surface area contributed by atoms with Gasteiger partial charge in [-0.15, -0.1) is 13.2 Å². The van der Waals surface area contributed by atoms with Gasteiger partial charge in [-0.05, 0) is 26.0 Å². The fraction of sp³-hybridized carbons (Fsp3) is 0.500. The van der Waals surface area contributed by atoms with Crippen molar-refractivity contribution in [3.8, 4) is 11.5 Å². The minimum absolute atomic E-state index is 0.239. The number of hydrogen-bond donors (Lipinski definition) is 1. The first-order valence-electron chi connectivity index (χ1n) is 7.73. The van der Waals surface area contributed by atoms with Gasteiger partial charge in [-0.25, -0.2) is 4.79 Å². The molecule has 1 saturated carbocycles. The summed E-state index contributed by atoms with van der Waals surface area (Å²) in [7, 11) is 0. The van der Waals surface area contributed by atoms with Crippen LogP contribution in [0.1, 0.15) is 26.7 Å². The zero-order chi connectivity index (χ0) is 18.4. The lowest BCUT2D eigenvalue weighted by Gasteiger charge is -2.39. The smallest absolute Gasteiger partial charge is 0.490 e. The van der Waals surface area contributed by atoms with E-state index in [0.29, 0.717) is 12.8 Å². The third-order valence-electron chi connectivity index (χ3n) is 4.17. The Bertz CT molecular complexity index is 699. The number of carbonyl (C=O) groups is 2. The van der Waals surface area contributed by atoms with E-state index in [1.807, 2.05) is 0 Å². The van der Waals surface area contributed by atoms with Crippen LogP contribution in [0.5, 0.6) is 11.5 Å². The summed E-state index contributed by atoms with van der Waals surface area (Å²) in [6, 6.07) is 4.55. The largest absolute Gasteiger partial charge is 0.573 e. The van der Waals surface area contributed by atoms with Gasteiger partial charge in [0.1, 0.15) is 23.1 Å². The van der Waals surface area contributed by atoms with Crippen LogP contribution >= 0.6 is 0 Å². The average molecular weight is 358 g/mol. The van der Waals surface area contributed by atoms with E-state index < -0.39 is 17.9 Å². The molecule has 1 aromatic rings. The van der Waals surface area contributed by atoms with Crippen LogP contribution in [0.15, 0.2) is 24.3 Å². The van der Waals surface area contributed by atoms with Gasteiger partial charge in [-0.3, -0.25) is 9.69 Å². The normalized spacial score (nSPS) is 25.4. The highest BCUT2D eigenvalue weighted by atomic mass is 19.4. The van der Waals surface area contributed by atoms with E-state index in [1.54, 1.807) is 13.8 Å². The number of nitrogens with one attached hydrogen (secondary N) is 1. The first kappa shape index (κ1) is 17.4. The molecule has 3 amide bonds. The van der Waals surface area contributed by atoms with Crippen LogP contribution in [0.25, 0.3) is 0 Å². The van der Waals surface area contributed by atoms with Crippen molar-refractivity contribution in [3.05, 3.63) is 24.3 Å². The summed E-state index contributed by atoms with van der Waals surface area (Å²) in [6.07, 6.45) is -4.19. The Hall–Kier alpha value is -2.45. The van der Waals surface area contributed by atoms with Crippen molar-refractivity contribution in [1.29, 1.82) is 0 Å². The summed E-state index contributed by atoms with van der Waals surface area (Å²) < 4.78 is 46.1. The third kappa shape index (κ3) is 3.64. The molecule has 0 aromatic heterocycles. The van der Waals surface area contributed by atoms with E-state index in [1.165, 1.54) is 23.1 Å². The Kier molecular flexibility index (Phi) is 4.04. The first-order chi connectivity index (χ1) is 11.5.